The highest BCUT2D eigenvalue weighted by atomic mass is 16.5. The van der Waals surface area contributed by atoms with E-state index < -0.39 is 6.10 Å². The first-order valence-electron chi connectivity index (χ1n) is 11.0. The molecule has 0 heterocycles. The van der Waals surface area contributed by atoms with Gasteiger partial charge in [0, 0.05) is 12.5 Å². The standard InChI is InChI=1S/C27H33NO3/c1-4-28(5-2)19-20-31-25-17-13-23(14-18-25)27(29)26(21-9-7-6-8-10-21)22-11-15-24(30-3)16-12-22/h6-18,26-27,29H,4-5,19-20H2,1-3H3. The first-order valence-corrected chi connectivity index (χ1v) is 11.0. The van der Waals surface area contributed by atoms with Gasteiger partial charge in [0.2, 0.25) is 0 Å². The monoisotopic (exact) mass is 419 g/mol. The number of methoxy groups -OCH3 is 1. The predicted octanol–water partition coefficient (Wildman–Crippen LogP) is 5.28. The second-order valence-corrected chi connectivity index (χ2v) is 7.55. The van der Waals surface area contributed by atoms with Crippen LogP contribution >= 0.6 is 0 Å². The smallest absolute Gasteiger partial charge is 0.119 e. The Morgan fingerprint density at radius 1 is 0.742 bits per heavy atom. The van der Waals surface area contributed by atoms with Gasteiger partial charge in [0.1, 0.15) is 18.1 Å². The molecule has 0 aliphatic carbocycles. The van der Waals surface area contributed by atoms with Crippen LogP contribution < -0.4 is 9.47 Å². The fourth-order valence-corrected chi connectivity index (χ4v) is 3.81. The molecular formula is C27H33NO3. The Balaban J connectivity index is 1.77. The third-order valence-electron chi connectivity index (χ3n) is 5.74. The van der Waals surface area contributed by atoms with E-state index in [0.29, 0.717) is 6.61 Å². The van der Waals surface area contributed by atoms with Gasteiger partial charge in [-0.25, -0.2) is 0 Å². The average Bonchev–Trinajstić information content (AvgIpc) is 2.83. The summed E-state index contributed by atoms with van der Waals surface area (Å²) < 4.78 is 11.2. The molecule has 0 fully saturated rings. The summed E-state index contributed by atoms with van der Waals surface area (Å²) in [6.07, 6.45) is -0.680. The minimum Gasteiger partial charge on any atom is -0.497 e. The highest BCUT2D eigenvalue weighted by molar-refractivity contribution is 5.40. The number of ether oxygens (including phenoxy) is 2. The van der Waals surface area contributed by atoms with Crippen LogP contribution in [0.5, 0.6) is 11.5 Å². The highest BCUT2D eigenvalue weighted by Crippen LogP contribution is 2.37. The molecule has 3 aromatic carbocycles. The molecule has 2 unspecified atom stereocenters. The number of aliphatic hydroxyl groups excluding tert-OH is 1. The lowest BCUT2D eigenvalue weighted by Gasteiger charge is -2.25. The lowest BCUT2D eigenvalue weighted by atomic mass is 9.83. The minimum atomic E-state index is -0.680. The van der Waals surface area contributed by atoms with E-state index >= 15 is 0 Å². The largest absolute Gasteiger partial charge is 0.497 e. The first-order chi connectivity index (χ1) is 15.2. The summed E-state index contributed by atoms with van der Waals surface area (Å²) in [5.41, 5.74) is 2.97. The van der Waals surface area contributed by atoms with Crippen LogP contribution in [0.15, 0.2) is 78.9 Å². The summed E-state index contributed by atoms with van der Waals surface area (Å²) in [6.45, 7) is 7.93. The van der Waals surface area contributed by atoms with Gasteiger partial charge in [0.25, 0.3) is 0 Å². The van der Waals surface area contributed by atoms with Crippen LogP contribution in [0.1, 0.15) is 42.6 Å². The zero-order valence-electron chi connectivity index (χ0n) is 18.7. The van der Waals surface area contributed by atoms with E-state index in [0.717, 1.165) is 47.8 Å². The molecule has 0 saturated carbocycles. The number of rotatable bonds is 11. The third kappa shape index (κ3) is 6.09. The number of likely N-dealkylation sites (N-methyl/N-ethyl adjacent to an activating group) is 1. The van der Waals surface area contributed by atoms with Crippen LogP contribution in [0.3, 0.4) is 0 Å². The average molecular weight is 420 g/mol. The number of hydrogen-bond acceptors (Lipinski definition) is 4. The Morgan fingerprint density at radius 3 is 1.87 bits per heavy atom. The Hall–Kier alpha value is -2.82. The van der Waals surface area contributed by atoms with Gasteiger partial charge in [-0.15, -0.1) is 0 Å². The minimum absolute atomic E-state index is 0.179. The van der Waals surface area contributed by atoms with E-state index in [9.17, 15) is 5.11 Å². The van der Waals surface area contributed by atoms with Gasteiger partial charge in [-0.05, 0) is 54.0 Å². The van der Waals surface area contributed by atoms with Crippen LogP contribution in [0.25, 0.3) is 0 Å². The van der Waals surface area contributed by atoms with E-state index in [1.807, 2.05) is 66.7 Å². The molecule has 164 valence electrons. The summed E-state index contributed by atoms with van der Waals surface area (Å²) in [4.78, 5) is 2.33. The Bertz CT molecular complexity index is 890. The number of hydrogen-bond donors (Lipinski definition) is 1. The van der Waals surface area contributed by atoms with E-state index in [2.05, 4.69) is 30.9 Å². The molecule has 0 bridgehead atoms. The first kappa shape index (κ1) is 22.9. The van der Waals surface area contributed by atoms with Crippen LogP contribution in [0.2, 0.25) is 0 Å². The summed E-state index contributed by atoms with van der Waals surface area (Å²) >= 11 is 0. The van der Waals surface area contributed by atoms with Crippen molar-refractivity contribution in [3.05, 3.63) is 95.6 Å². The number of nitrogens with zero attached hydrogens (tertiary/aromatic N) is 1. The molecular weight excluding hydrogens is 386 g/mol. The highest BCUT2D eigenvalue weighted by Gasteiger charge is 2.24. The van der Waals surface area contributed by atoms with Crippen LogP contribution in [0, 0.1) is 0 Å². The maximum atomic E-state index is 11.3. The quantitative estimate of drug-likeness (QED) is 0.459. The summed E-state index contributed by atoms with van der Waals surface area (Å²) in [5, 5.41) is 11.3. The van der Waals surface area contributed by atoms with Crippen molar-refractivity contribution in [3.63, 3.8) is 0 Å². The fourth-order valence-electron chi connectivity index (χ4n) is 3.81. The van der Waals surface area contributed by atoms with Crippen LogP contribution in [-0.2, 0) is 0 Å². The Labute approximate surface area is 186 Å². The van der Waals surface area contributed by atoms with Crippen molar-refractivity contribution in [1.29, 1.82) is 0 Å². The maximum Gasteiger partial charge on any atom is 0.119 e. The van der Waals surface area contributed by atoms with Gasteiger partial charge < -0.3 is 19.5 Å². The Kier molecular flexibility index (Phi) is 8.51. The molecule has 1 N–H and O–H groups in total. The van der Waals surface area contributed by atoms with Gasteiger partial charge >= 0.3 is 0 Å². The molecule has 0 aromatic heterocycles. The second kappa shape index (κ2) is 11.5. The summed E-state index contributed by atoms with van der Waals surface area (Å²) in [5.74, 6) is 1.45. The van der Waals surface area contributed by atoms with Crippen molar-refractivity contribution in [2.45, 2.75) is 25.9 Å². The molecule has 0 aliphatic heterocycles. The molecule has 0 radical (unpaired) electrons. The van der Waals surface area contributed by atoms with Crippen molar-refractivity contribution < 1.29 is 14.6 Å². The SMILES string of the molecule is CCN(CC)CCOc1ccc(C(O)C(c2ccccc2)c2ccc(OC)cc2)cc1. The molecule has 4 nitrogen and oxygen atoms in total. The molecule has 31 heavy (non-hydrogen) atoms. The van der Waals surface area contributed by atoms with Crippen molar-refractivity contribution in [2.24, 2.45) is 0 Å². The molecule has 2 atom stereocenters. The maximum absolute atomic E-state index is 11.3. The molecule has 0 aliphatic rings. The van der Waals surface area contributed by atoms with Crippen molar-refractivity contribution in [1.82, 2.24) is 4.90 Å². The van der Waals surface area contributed by atoms with Crippen molar-refractivity contribution >= 4 is 0 Å². The van der Waals surface area contributed by atoms with E-state index in [4.69, 9.17) is 9.47 Å². The summed E-state index contributed by atoms with van der Waals surface area (Å²) in [6, 6.07) is 25.8. The topological polar surface area (TPSA) is 41.9 Å². The number of benzene rings is 3. The van der Waals surface area contributed by atoms with Crippen LogP contribution in [-0.4, -0.2) is 43.4 Å². The van der Waals surface area contributed by atoms with Crippen molar-refractivity contribution in [2.75, 3.05) is 33.4 Å². The molecule has 3 rings (SSSR count). The van der Waals surface area contributed by atoms with Gasteiger partial charge in [-0.2, -0.15) is 0 Å². The van der Waals surface area contributed by atoms with Crippen LogP contribution in [0.4, 0.5) is 0 Å². The zero-order valence-corrected chi connectivity index (χ0v) is 18.7. The third-order valence-corrected chi connectivity index (χ3v) is 5.74. The van der Waals surface area contributed by atoms with E-state index in [1.54, 1.807) is 7.11 Å². The van der Waals surface area contributed by atoms with Gasteiger partial charge in [-0.1, -0.05) is 68.4 Å². The zero-order chi connectivity index (χ0) is 22.1. The Morgan fingerprint density at radius 2 is 1.29 bits per heavy atom. The van der Waals surface area contributed by atoms with Crippen molar-refractivity contribution in [3.8, 4) is 11.5 Å². The molecule has 3 aromatic rings. The lowest BCUT2D eigenvalue weighted by molar-refractivity contribution is 0.159. The molecule has 0 amide bonds. The van der Waals surface area contributed by atoms with E-state index in [1.165, 1.54) is 0 Å². The predicted molar refractivity (Wildman–Crippen MR) is 126 cm³/mol. The van der Waals surface area contributed by atoms with Gasteiger partial charge in [0.05, 0.1) is 13.2 Å². The number of aliphatic hydroxyl groups is 1. The van der Waals surface area contributed by atoms with Gasteiger partial charge in [0.15, 0.2) is 0 Å². The molecule has 0 saturated heterocycles. The molecule has 0 spiro atoms. The second-order valence-electron chi connectivity index (χ2n) is 7.55. The normalized spacial score (nSPS) is 13.1. The summed E-state index contributed by atoms with van der Waals surface area (Å²) in [7, 11) is 1.66. The molecule has 4 heteroatoms. The lowest BCUT2D eigenvalue weighted by Crippen LogP contribution is -2.27. The van der Waals surface area contributed by atoms with Gasteiger partial charge in [-0.3, -0.25) is 0 Å². The fraction of sp³-hybridized carbons (Fsp3) is 0.333. The van der Waals surface area contributed by atoms with E-state index in [-0.39, 0.29) is 5.92 Å².